The summed E-state index contributed by atoms with van der Waals surface area (Å²) in [6.45, 7) is 1.22. The van der Waals surface area contributed by atoms with E-state index in [0.29, 0.717) is 29.4 Å². The van der Waals surface area contributed by atoms with E-state index in [9.17, 15) is 4.39 Å². The zero-order valence-corrected chi connectivity index (χ0v) is 20.4. The first-order valence-corrected chi connectivity index (χ1v) is 11.9. The number of hydrogen-bond donors (Lipinski definition) is 2. The molecule has 6 rings (SSSR count). The molecular weight excluding hydrogens is 469 g/mol. The van der Waals surface area contributed by atoms with E-state index in [2.05, 4.69) is 25.1 Å². The largest absolute Gasteiger partial charge is 0.492 e. The number of H-pyrrole nitrogens is 2. The molecule has 0 fully saturated rings. The Bertz CT molecular complexity index is 1710. The molecule has 0 spiro atoms. The molecule has 0 saturated carbocycles. The van der Waals surface area contributed by atoms with Crippen LogP contribution in [0.1, 0.15) is 0 Å². The number of pyridine rings is 1. The van der Waals surface area contributed by atoms with Gasteiger partial charge in [0, 0.05) is 35.9 Å². The van der Waals surface area contributed by atoms with Crippen molar-refractivity contribution in [2.24, 2.45) is 0 Å². The van der Waals surface area contributed by atoms with Gasteiger partial charge in [-0.25, -0.2) is 9.37 Å². The first-order valence-electron chi connectivity index (χ1n) is 11.9. The highest BCUT2D eigenvalue weighted by atomic mass is 19.1. The van der Waals surface area contributed by atoms with Gasteiger partial charge < -0.3 is 14.6 Å². The molecule has 37 heavy (non-hydrogen) atoms. The summed E-state index contributed by atoms with van der Waals surface area (Å²) in [5, 5.41) is 8.54. The fourth-order valence-corrected chi connectivity index (χ4v) is 4.34. The van der Waals surface area contributed by atoms with E-state index in [-0.39, 0.29) is 5.82 Å². The van der Waals surface area contributed by atoms with Crippen molar-refractivity contribution >= 4 is 21.9 Å². The summed E-state index contributed by atoms with van der Waals surface area (Å²) in [6.07, 6.45) is 4.95. The van der Waals surface area contributed by atoms with E-state index in [1.165, 1.54) is 12.1 Å². The Kier molecular flexibility index (Phi) is 5.82. The van der Waals surface area contributed by atoms with E-state index < -0.39 is 0 Å². The molecule has 4 aromatic heterocycles. The van der Waals surface area contributed by atoms with Gasteiger partial charge in [-0.2, -0.15) is 5.10 Å². The minimum Gasteiger partial charge on any atom is -0.492 e. The van der Waals surface area contributed by atoms with Crippen molar-refractivity contribution in [2.45, 2.75) is 0 Å². The van der Waals surface area contributed by atoms with Crippen LogP contribution in [0.4, 0.5) is 4.39 Å². The predicted octanol–water partition coefficient (Wildman–Crippen LogP) is 5.31. The second-order valence-corrected chi connectivity index (χ2v) is 9.03. The third-order valence-electron chi connectivity index (χ3n) is 6.14. The average Bonchev–Trinajstić information content (AvgIpc) is 3.52. The van der Waals surface area contributed by atoms with E-state index in [4.69, 9.17) is 9.72 Å². The number of likely N-dealkylation sites (N-methyl/N-ethyl adjacent to an activating group) is 1. The van der Waals surface area contributed by atoms with E-state index in [1.54, 1.807) is 18.6 Å². The topological polar surface area (TPSA) is 95.6 Å². The molecule has 0 radical (unpaired) electrons. The van der Waals surface area contributed by atoms with Crippen molar-refractivity contribution in [3.63, 3.8) is 0 Å². The molecule has 0 amide bonds. The van der Waals surface area contributed by atoms with Crippen LogP contribution >= 0.6 is 0 Å². The van der Waals surface area contributed by atoms with E-state index in [1.807, 2.05) is 61.5 Å². The van der Waals surface area contributed by atoms with Gasteiger partial charge in [0.2, 0.25) is 0 Å². The zero-order valence-electron chi connectivity index (χ0n) is 20.4. The number of ether oxygens (including phenoxy) is 1. The summed E-state index contributed by atoms with van der Waals surface area (Å²) in [7, 11) is 3.94. The smallest absolute Gasteiger partial charge is 0.135 e. The number of rotatable bonds is 7. The Labute approximate surface area is 212 Å². The maximum absolute atomic E-state index is 14.5. The third-order valence-corrected chi connectivity index (χ3v) is 6.14. The summed E-state index contributed by atoms with van der Waals surface area (Å²) in [6, 6.07) is 16.6. The Morgan fingerprint density at radius 3 is 2.73 bits per heavy atom. The monoisotopic (exact) mass is 493 g/mol. The molecule has 0 saturated heterocycles. The molecule has 2 aromatic carbocycles. The molecule has 0 bridgehead atoms. The average molecular weight is 494 g/mol. The molecule has 2 N–H and O–H groups in total. The fraction of sp³-hybridized carbons (Fsp3) is 0.143. The van der Waals surface area contributed by atoms with Crippen molar-refractivity contribution in [3.8, 4) is 39.7 Å². The molecule has 0 aliphatic carbocycles. The van der Waals surface area contributed by atoms with Crippen molar-refractivity contribution in [2.75, 3.05) is 27.2 Å². The minimum absolute atomic E-state index is 0.343. The molecule has 184 valence electrons. The minimum atomic E-state index is -0.343. The van der Waals surface area contributed by atoms with Gasteiger partial charge in [-0.05, 0) is 61.6 Å². The van der Waals surface area contributed by atoms with Crippen molar-refractivity contribution in [1.29, 1.82) is 0 Å². The number of nitrogens with zero attached hydrogens (tertiary/aromatic N) is 5. The van der Waals surface area contributed by atoms with Crippen molar-refractivity contribution < 1.29 is 9.13 Å². The van der Waals surface area contributed by atoms with Crippen LogP contribution in [-0.4, -0.2) is 62.3 Å². The van der Waals surface area contributed by atoms with E-state index >= 15 is 0 Å². The molecule has 0 unspecified atom stereocenters. The fourth-order valence-electron chi connectivity index (χ4n) is 4.34. The second-order valence-electron chi connectivity index (χ2n) is 9.03. The number of benzene rings is 2. The lowest BCUT2D eigenvalue weighted by Gasteiger charge is -2.12. The standard InChI is InChI=1S/C28H24FN7O/c1-36(2)10-11-37-19-13-17(12-18(29)14-19)20-4-3-5-22-21(20)15-25(32-22)28-27-24(34-35-28)7-6-23(33-27)26-16-30-8-9-31-26/h3-9,12-16,32H,10-11H2,1-2H3,(H,34,35). The number of halogens is 1. The molecule has 6 aromatic rings. The lowest BCUT2D eigenvalue weighted by atomic mass is 10.0. The Hall–Kier alpha value is -4.63. The molecular formula is C28H24FN7O. The van der Waals surface area contributed by atoms with Crippen LogP contribution in [0.3, 0.4) is 0 Å². The molecule has 8 nitrogen and oxygen atoms in total. The molecule has 0 aliphatic heterocycles. The van der Waals surface area contributed by atoms with Gasteiger partial charge >= 0.3 is 0 Å². The van der Waals surface area contributed by atoms with Gasteiger partial charge in [0.05, 0.1) is 23.1 Å². The Morgan fingerprint density at radius 1 is 0.973 bits per heavy atom. The summed E-state index contributed by atoms with van der Waals surface area (Å²) in [4.78, 5) is 18.8. The number of aromatic nitrogens is 6. The zero-order chi connectivity index (χ0) is 25.4. The molecule has 9 heteroatoms. The molecule has 4 heterocycles. The normalized spacial score (nSPS) is 11.6. The summed E-state index contributed by atoms with van der Waals surface area (Å²) in [5.41, 5.74) is 6.96. The van der Waals surface area contributed by atoms with Crippen molar-refractivity contribution in [1.82, 2.24) is 35.0 Å². The highest BCUT2D eigenvalue weighted by Gasteiger charge is 2.16. The lowest BCUT2D eigenvalue weighted by Crippen LogP contribution is -2.19. The maximum Gasteiger partial charge on any atom is 0.135 e. The first kappa shape index (κ1) is 22.8. The summed E-state index contributed by atoms with van der Waals surface area (Å²) < 4.78 is 20.4. The van der Waals surface area contributed by atoms with Gasteiger partial charge in [-0.1, -0.05) is 12.1 Å². The van der Waals surface area contributed by atoms with Crippen molar-refractivity contribution in [3.05, 3.63) is 79.0 Å². The van der Waals surface area contributed by atoms with Gasteiger partial charge in [-0.3, -0.25) is 15.1 Å². The quantitative estimate of drug-likeness (QED) is 0.313. The van der Waals surface area contributed by atoms with E-state index in [0.717, 1.165) is 45.3 Å². The maximum atomic E-state index is 14.5. The van der Waals surface area contributed by atoms with Crippen LogP contribution in [0.25, 0.3) is 55.8 Å². The van der Waals surface area contributed by atoms with Crippen LogP contribution in [0, 0.1) is 5.82 Å². The van der Waals surface area contributed by atoms with Crippen LogP contribution in [0.15, 0.2) is 73.2 Å². The Morgan fingerprint density at radius 2 is 1.89 bits per heavy atom. The number of nitrogens with one attached hydrogen (secondary N) is 2. The summed E-state index contributed by atoms with van der Waals surface area (Å²) in [5.74, 6) is 0.160. The third kappa shape index (κ3) is 4.52. The number of hydrogen-bond acceptors (Lipinski definition) is 6. The SMILES string of the molecule is CN(C)CCOc1cc(F)cc(-c2cccc3[nH]c(-c4n[nH]c5ccc(-c6cnccn6)nc45)cc23)c1. The molecule has 0 aliphatic rings. The lowest BCUT2D eigenvalue weighted by molar-refractivity contribution is 0.260. The number of fused-ring (bicyclic) bond motifs is 2. The Balaban J connectivity index is 1.41. The van der Waals surface area contributed by atoms with Crippen LogP contribution < -0.4 is 4.74 Å². The molecule has 0 atom stereocenters. The predicted molar refractivity (Wildman–Crippen MR) is 142 cm³/mol. The number of aromatic amines is 2. The second kappa shape index (κ2) is 9.44. The van der Waals surface area contributed by atoms with Gasteiger partial charge in [0.15, 0.2) is 0 Å². The van der Waals surface area contributed by atoms with Gasteiger partial charge in [0.25, 0.3) is 0 Å². The van der Waals surface area contributed by atoms with Gasteiger partial charge in [0.1, 0.15) is 35.1 Å². The first-order chi connectivity index (χ1) is 18.0. The van der Waals surface area contributed by atoms with Crippen LogP contribution in [0.5, 0.6) is 5.75 Å². The van der Waals surface area contributed by atoms with Crippen LogP contribution in [0.2, 0.25) is 0 Å². The highest BCUT2D eigenvalue weighted by molar-refractivity contribution is 6.00. The van der Waals surface area contributed by atoms with Gasteiger partial charge in [-0.15, -0.1) is 0 Å². The van der Waals surface area contributed by atoms with Crippen LogP contribution in [-0.2, 0) is 0 Å². The summed E-state index contributed by atoms with van der Waals surface area (Å²) >= 11 is 0. The highest BCUT2D eigenvalue weighted by Crippen LogP contribution is 2.35.